The highest BCUT2D eigenvalue weighted by Crippen LogP contribution is 2.16. The highest BCUT2D eigenvalue weighted by atomic mass is 16.5. The largest absolute Gasteiger partial charge is 0.466 e. The van der Waals surface area contributed by atoms with Crippen molar-refractivity contribution in [2.45, 2.75) is 334 Å². The van der Waals surface area contributed by atoms with Crippen molar-refractivity contribution in [3.8, 4) is 0 Å². The molecule has 0 spiro atoms. The molecule has 0 saturated heterocycles. The molecule has 0 rings (SSSR count). The highest BCUT2D eigenvalue weighted by molar-refractivity contribution is 5.76. The van der Waals surface area contributed by atoms with Crippen LogP contribution in [-0.4, -0.2) is 47.4 Å². The molecule has 0 aliphatic heterocycles. The molecular weight excluding hydrogens is 863 g/mol. The number of esters is 1. The number of ether oxygens (including phenoxy) is 1. The molecule has 2 unspecified atom stereocenters. The van der Waals surface area contributed by atoms with Gasteiger partial charge in [-0.05, 0) is 89.9 Å². The maximum atomic E-state index is 12.5. The topological polar surface area (TPSA) is 95.9 Å². The van der Waals surface area contributed by atoms with Crippen LogP contribution in [0.5, 0.6) is 0 Å². The summed E-state index contributed by atoms with van der Waals surface area (Å²) >= 11 is 0. The van der Waals surface area contributed by atoms with Crippen LogP contribution in [0.15, 0.2) is 48.6 Å². The van der Waals surface area contributed by atoms with Gasteiger partial charge in [-0.1, -0.05) is 268 Å². The summed E-state index contributed by atoms with van der Waals surface area (Å²) < 4.78 is 5.48. The van der Waals surface area contributed by atoms with Crippen molar-refractivity contribution < 1.29 is 24.5 Å². The van der Waals surface area contributed by atoms with E-state index in [-0.39, 0.29) is 18.5 Å². The minimum Gasteiger partial charge on any atom is -0.466 e. The Kier molecular flexibility index (Phi) is 57.5. The van der Waals surface area contributed by atoms with Crippen molar-refractivity contribution >= 4 is 11.9 Å². The van der Waals surface area contributed by atoms with E-state index >= 15 is 0 Å². The predicted octanol–water partition coefficient (Wildman–Crippen LogP) is 19.4. The maximum absolute atomic E-state index is 12.5. The molecular formula is C64H119NO5. The van der Waals surface area contributed by atoms with Crippen LogP contribution in [0.3, 0.4) is 0 Å². The summed E-state index contributed by atoms with van der Waals surface area (Å²) in [5, 5.41) is 23.1. The fraction of sp³-hybridized carbons (Fsp3) is 0.844. The molecule has 70 heavy (non-hydrogen) atoms. The first kappa shape index (κ1) is 67.8. The average Bonchev–Trinajstić information content (AvgIpc) is 3.36. The number of carbonyl (C=O) groups excluding carboxylic acids is 2. The van der Waals surface area contributed by atoms with Crippen LogP contribution in [0, 0.1) is 0 Å². The van der Waals surface area contributed by atoms with E-state index in [4.69, 9.17) is 4.74 Å². The van der Waals surface area contributed by atoms with Crippen molar-refractivity contribution in [3.63, 3.8) is 0 Å². The highest BCUT2D eigenvalue weighted by Gasteiger charge is 2.18. The van der Waals surface area contributed by atoms with Gasteiger partial charge in [-0.15, -0.1) is 0 Å². The summed E-state index contributed by atoms with van der Waals surface area (Å²) in [7, 11) is 0. The van der Waals surface area contributed by atoms with Gasteiger partial charge in [-0.3, -0.25) is 9.59 Å². The molecule has 0 heterocycles. The fourth-order valence-electron chi connectivity index (χ4n) is 9.31. The average molecular weight is 983 g/mol. The first-order chi connectivity index (χ1) is 34.5. The van der Waals surface area contributed by atoms with Gasteiger partial charge >= 0.3 is 5.97 Å². The lowest BCUT2D eigenvalue weighted by Gasteiger charge is -2.20. The molecule has 6 heteroatoms. The Bertz CT molecular complexity index is 1180. The number of amides is 1. The van der Waals surface area contributed by atoms with E-state index in [0.29, 0.717) is 19.4 Å². The zero-order chi connectivity index (χ0) is 50.7. The minimum absolute atomic E-state index is 0.00616. The standard InChI is InChI=1S/C64H119NO5/c1-3-5-7-9-11-13-15-17-19-28-32-36-40-44-48-52-56-62(67)61(60-66)65-63(68)57-53-49-45-41-37-33-29-26-24-22-21-23-25-27-31-35-39-43-47-51-55-59-70-64(69)58-54-50-46-42-38-34-30-20-18-16-14-12-10-8-6-4-2/h14,16,20,22,24,30,52,56,61-62,66-67H,3-13,15,17-19,21,23,25-29,31-51,53-55,57-60H2,1-2H3,(H,65,68)/b16-14-,24-22-,30-20-,56-52+. The van der Waals surface area contributed by atoms with Crippen molar-refractivity contribution in [1.82, 2.24) is 5.32 Å². The van der Waals surface area contributed by atoms with Crippen LogP contribution in [0.2, 0.25) is 0 Å². The number of carbonyl (C=O) groups is 2. The van der Waals surface area contributed by atoms with Gasteiger partial charge in [0.25, 0.3) is 0 Å². The lowest BCUT2D eigenvalue weighted by molar-refractivity contribution is -0.143. The van der Waals surface area contributed by atoms with Crippen LogP contribution in [0.1, 0.15) is 322 Å². The van der Waals surface area contributed by atoms with E-state index < -0.39 is 12.1 Å². The first-order valence-electron chi connectivity index (χ1n) is 30.9. The molecule has 0 saturated carbocycles. The maximum Gasteiger partial charge on any atom is 0.305 e. The monoisotopic (exact) mass is 982 g/mol. The Morgan fingerprint density at radius 3 is 1.11 bits per heavy atom. The Morgan fingerprint density at radius 1 is 0.400 bits per heavy atom. The molecule has 3 N–H and O–H groups in total. The van der Waals surface area contributed by atoms with E-state index in [1.807, 2.05) is 6.08 Å². The van der Waals surface area contributed by atoms with Gasteiger partial charge in [-0.25, -0.2) is 0 Å². The molecule has 1 amide bonds. The molecule has 0 bridgehead atoms. The second kappa shape index (κ2) is 59.4. The molecule has 0 aliphatic rings. The summed E-state index contributed by atoms with van der Waals surface area (Å²) in [6.45, 7) is 4.88. The fourth-order valence-corrected chi connectivity index (χ4v) is 9.31. The molecule has 410 valence electrons. The van der Waals surface area contributed by atoms with Crippen LogP contribution in [0.25, 0.3) is 0 Å². The lowest BCUT2D eigenvalue weighted by atomic mass is 10.0. The van der Waals surface area contributed by atoms with Gasteiger partial charge in [0.1, 0.15) is 0 Å². The Labute approximate surface area is 436 Å². The summed E-state index contributed by atoms with van der Waals surface area (Å²) in [4.78, 5) is 24.5. The molecule has 0 aromatic heterocycles. The molecule has 6 nitrogen and oxygen atoms in total. The number of aliphatic hydroxyl groups is 2. The van der Waals surface area contributed by atoms with E-state index in [1.54, 1.807) is 6.08 Å². The van der Waals surface area contributed by atoms with Gasteiger partial charge in [0.2, 0.25) is 5.91 Å². The van der Waals surface area contributed by atoms with E-state index in [1.165, 1.54) is 238 Å². The summed E-state index contributed by atoms with van der Waals surface area (Å²) in [6, 6.07) is -0.635. The van der Waals surface area contributed by atoms with Crippen LogP contribution in [-0.2, 0) is 14.3 Å². The van der Waals surface area contributed by atoms with Crippen LogP contribution >= 0.6 is 0 Å². The van der Waals surface area contributed by atoms with Gasteiger partial charge in [-0.2, -0.15) is 0 Å². The number of unbranched alkanes of at least 4 members (excludes halogenated alkanes) is 40. The smallest absolute Gasteiger partial charge is 0.305 e. The van der Waals surface area contributed by atoms with E-state index in [0.717, 1.165) is 57.8 Å². The van der Waals surface area contributed by atoms with Gasteiger partial charge in [0.05, 0.1) is 25.4 Å². The van der Waals surface area contributed by atoms with Crippen molar-refractivity contribution in [2.24, 2.45) is 0 Å². The Balaban J connectivity index is 3.46. The summed E-state index contributed by atoms with van der Waals surface area (Å²) in [5.41, 5.74) is 0. The van der Waals surface area contributed by atoms with Crippen LogP contribution < -0.4 is 5.32 Å². The predicted molar refractivity (Wildman–Crippen MR) is 306 cm³/mol. The number of rotatable bonds is 57. The van der Waals surface area contributed by atoms with E-state index in [9.17, 15) is 19.8 Å². The zero-order valence-corrected chi connectivity index (χ0v) is 46.7. The Morgan fingerprint density at radius 2 is 0.714 bits per heavy atom. The van der Waals surface area contributed by atoms with E-state index in [2.05, 4.69) is 55.6 Å². The normalized spacial score (nSPS) is 12.9. The zero-order valence-electron chi connectivity index (χ0n) is 46.7. The number of aliphatic hydroxyl groups excluding tert-OH is 2. The minimum atomic E-state index is -0.850. The van der Waals surface area contributed by atoms with Gasteiger partial charge in [0.15, 0.2) is 0 Å². The molecule has 0 fully saturated rings. The summed E-state index contributed by atoms with van der Waals surface area (Å²) in [6.07, 6.45) is 75.7. The third-order valence-electron chi connectivity index (χ3n) is 14.1. The van der Waals surface area contributed by atoms with Crippen LogP contribution in [0.4, 0.5) is 0 Å². The Hall–Kier alpha value is -2.18. The molecule has 0 radical (unpaired) electrons. The lowest BCUT2D eigenvalue weighted by Crippen LogP contribution is -2.45. The van der Waals surface area contributed by atoms with Gasteiger partial charge in [0, 0.05) is 12.8 Å². The molecule has 0 aliphatic carbocycles. The quantitative estimate of drug-likeness (QED) is 0.0321. The number of hydrogen-bond donors (Lipinski definition) is 3. The molecule has 2 atom stereocenters. The third kappa shape index (κ3) is 55.1. The summed E-state index contributed by atoms with van der Waals surface area (Å²) in [5.74, 6) is -0.0814. The van der Waals surface area contributed by atoms with Crippen molar-refractivity contribution in [3.05, 3.63) is 48.6 Å². The van der Waals surface area contributed by atoms with Crippen molar-refractivity contribution in [1.29, 1.82) is 0 Å². The SMILES string of the molecule is CCCCCC/C=C\C/C=C\CCCCCCCC(=O)OCCCCCCCCCCCC/C=C\CCCCCCCCCC(=O)NC(CO)C(O)/C=C/CCCCCCCCCCCCCCCC. The second-order valence-electron chi connectivity index (χ2n) is 21.0. The molecule has 0 aromatic carbocycles. The second-order valence-corrected chi connectivity index (χ2v) is 21.0. The van der Waals surface area contributed by atoms with Crippen molar-refractivity contribution in [2.75, 3.05) is 13.2 Å². The third-order valence-corrected chi connectivity index (χ3v) is 14.1. The van der Waals surface area contributed by atoms with Gasteiger partial charge < -0.3 is 20.3 Å². The number of nitrogens with one attached hydrogen (secondary N) is 1. The number of allylic oxidation sites excluding steroid dienone is 7. The molecule has 0 aromatic rings. The number of hydrogen-bond acceptors (Lipinski definition) is 5. The first-order valence-corrected chi connectivity index (χ1v) is 30.9.